The first-order valence-corrected chi connectivity index (χ1v) is 6.03. The van der Waals surface area contributed by atoms with Crippen molar-refractivity contribution in [2.24, 2.45) is 10.8 Å². The highest BCUT2D eigenvalue weighted by Gasteiger charge is 2.00. The largest absolute Gasteiger partial charge is 0.325 e. The Morgan fingerprint density at radius 3 is 2.68 bits per heavy atom. The number of anilines is 1. The van der Waals surface area contributed by atoms with E-state index in [0.717, 1.165) is 16.9 Å². The fourth-order valence-electron chi connectivity index (χ4n) is 1.62. The lowest BCUT2D eigenvalue weighted by Gasteiger charge is -2.09. The molecule has 4 N–H and O–H groups in total. The molecule has 5 nitrogen and oxygen atoms in total. The van der Waals surface area contributed by atoms with Gasteiger partial charge in [-0.1, -0.05) is 24.3 Å². The molecule has 0 bridgehead atoms. The zero-order valence-corrected chi connectivity index (χ0v) is 10.8. The Labute approximate surface area is 112 Å². The number of aryl methyl sites for hydroxylation is 1. The molecule has 2 aromatic rings. The second kappa shape index (κ2) is 6.51. The van der Waals surface area contributed by atoms with Crippen LogP contribution in [0.15, 0.2) is 53.7 Å². The number of hydrogen-bond donors (Lipinski definition) is 3. The Morgan fingerprint density at radius 1 is 1.21 bits per heavy atom. The summed E-state index contributed by atoms with van der Waals surface area (Å²) in [6.45, 7) is 2.49. The summed E-state index contributed by atoms with van der Waals surface area (Å²) in [6, 6.07) is 13.6. The molecular weight excluding hydrogens is 238 g/mol. The van der Waals surface area contributed by atoms with Gasteiger partial charge in [0, 0.05) is 11.9 Å². The van der Waals surface area contributed by atoms with Crippen LogP contribution >= 0.6 is 0 Å². The molecule has 0 fully saturated rings. The van der Waals surface area contributed by atoms with Crippen LogP contribution in [0.25, 0.3) is 0 Å². The van der Waals surface area contributed by atoms with E-state index in [-0.39, 0.29) is 0 Å². The van der Waals surface area contributed by atoms with Gasteiger partial charge in [-0.05, 0) is 30.7 Å². The van der Waals surface area contributed by atoms with Crippen LogP contribution in [-0.2, 0) is 6.54 Å². The van der Waals surface area contributed by atoms with Gasteiger partial charge in [-0.25, -0.2) is 10.8 Å². The van der Waals surface area contributed by atoms with E-state index in [1.807, 2.05) is 49.4 Å². The first kappa shape index (κ1) is 13.0. The topological polar surface area (TPSA) is 75.3 Å². The summed E-state index contributed by atoms with van der Waals surface area (Å²) in [6.07, 6.45) is 1.76. The smallest absolute Gasteiger partial charge is 0.210 e. The van der Waals surface area contributed by atoms with E-state index in [9.17, 15) is 0 Å². The third-order valence-corrected chi connectivity index (χ3v) is 2.68. The standard InChI is InChI=1S/C14H17N5/c1-11-6-5-9-16-13(11)10-17-14(19-15)18-12-7-3-2-4-8-12/h2-9H,10,15H2,1H3,(H2,17,18,19). The van der Waals surface area contributed by atoms with Gasteiger partial charge in [-0.2, -0.15) is 0 Å². The van der Waals surface area contributed by atoms with E-state index in [1.165, 1.54) is 0 Å². The van der Waals surface area contributed by atoms with E-state index in [0.29, 0.717) is 12.5 Å². The molecular formula is C14H17N5. The van der Waals surface area contributed by atoms with Crippen molar-refractivity contribution in [3.05, 3.63) is 59.9 Å². The van der Waals surface area contributed by atoms with Gasteiger partial charge >= 0.3 is 0 Å². The van der Waals surface area contributed by atoms with E-state index < -0.39 is 0 Å². The van der Waals surface area contributed by atoms with Crippen molar-refractivity contribution in [2.45, 2.75) is 13.5 Å². The van der Waals surface area contributed by atoms with Gasteiger partial charge in [-0.3, -0.25) is 10.4 Å². The lowest BCUT2D eigenvalue weighted by molar-refractivity contribution is 0.929. The lowest BCUT2D eigenvalue weighted by Crippen LogP contribution is -2.36. The number of para-hydroxylation sites is 1. The van der Waals surface area contributed by atoms with Crippen LogP contribution in [0.3, 0.4) is 0 Å². The van der Waals surface area contributed by atoms with Crippen molar-refractivity contribution in [1.29, 1.82) is 0 Å². The van der Waals surface area contributed by atoms with Crippen LogP contribution in [0.1, 0.15) is 11.3 Å². The predicted molar refractivity (Wildman–Crippen MR) is 77.5 cm³/mol. The first-order valence-electron chi connectivity index (χ1n) is 6.03. The summed E-state index contributed by atoms with van der Waals surface area (Å²) in [5.74, 6) is 5.97. The van der Waals surface area contributed by atoms with Gasteiger partial charge in [-0.15, -0.1) is 0 Å². The molecule has 0 aliphatic rings. The third-order valence-electron chi connectivity index (χ3n) is 2.68. The summed E-state index contributed by atoms with van der Waals surface area (Å²) < 4.78 is 0. The highest BCUT2D eigenvalue weighted by molar-refractivity contribution is 5.93. The van der Waals surface area contributed by atoms with Gasteiger partial charge in [0.25, 0.3) is 0 Å². The molecule has 0 spiro atoms. The van der Waals surface area contributed by atoms with E-state index in [1.54, 1.807) is 6.20 Å². The summed E-state index contributed by atoms with van der Waals surface area (Å²) in [5.41, 5.74) is 5.53. The number of aliphatic imine (C=N–C) groups is 1. The first-order chi connectivity index (χ1) is 9.29. The molecule has 0 amide bonds. The maximum atomic E-state index is 5.46. The Bertz CT molecular complexity index is 551. The minimum absolute atomic E-state index is 0.478. The van der Waals surface area contributed by atoms with E-state index in [4.69, 9.17) is 5.84 Å². The van der Waals surface area contributed by atoms with E-state index in [2.05, 4.69) is 20.7 Å². The van der Waals surface area contributed by atoms with Crippen LogP contribution in [-0.4, -0.2) is 10.9 Å². The zero-order chi connectivity index (χ0) is 13.5. The predicted octanol–water partition coefficient (Wildman–Crippen LogP) is 1.82. The molecule has 1 aromatic carbocycles. The molecule has 0 atom stereocenters. The van der Waals surface area contributed by atoms with Gasteiger partial charge in [0.1, 0.15) is 0 Å². The molecule has 0 aliphatic carbocycles. The number of guanidine groups is 1. The second-order valence-corrected chi connectivity index (χ2v) is 4.07. The van der Waals surface area contributed by atoms with Crippen molar-refractivity contribution in [3.8, 4) is 0 Å². The average molecular weight is 255 g/mol. The lowest BCUT2D eigenvalue weighted by atomic mass is 10.2. The molecule has 98 valence electrons. The molecule has 2 rings (SSSR count). The molecule has 0 unspecified atom stereocenters. The number of nitrogens with one attached hydrogen (secondary N) is 2. The fourth-order valence-corrected chi connectivity index (χ4v) is 1.62. The van der Waals surface area contributed by atoms with Crippen LogP contribution in [0.4, 0.5) is 5.69 Å². The zero-order valence-electron chi connectivity index (χ0n) is 10.8. The molecule has 0 saturated carbocycles. The Morgan fingerprint density at radius 2 is 2.00 bits per heavy atom. The molecule has 0 radical (unpaired) electrons. The van der Waals surface area contributed by atoms with Gasteiger partial charge in [0.2, 0.25) is 5.96 Å². The van der Waals surface area contributed by atoms with Crippen molar-refractivity contribution in [3.63, 3.8) is 0 Å². The Kier molecular flexibility index (Phi) is 4.47. The minimum atomic E-state index is 0.478. The summed E-state index contributed by atoms with van der Waals surface area (Å²) >= 11 is 0. The van der Waals surface area contributed by atoms with Crippen LogP contribution < -0.4 is 16.6 Å². The van der Waals surface area contributed by atoms with Crippen molar-refractivity contribution in [2.75, 3.05) is 5.32 Å². The monoisotopic (exact) mass is 255 g/mol. The van der Waals surface area contributed by atoms with Gasteiger partial charge in [0.15, 0.2) is 0 Å². The Balaban J connectivity index is 2.06. The summed E-state index contributed by atoms with van der Waals surface area (Å²) in [4.78, 5) is 8.66. The number of hydrogen-bond acceptors (Lipinski definition) is 3. The number of nitrogens with two attached hydrogens (primary N) is 1. The highest BCUT2D eigenvalue weighted by Crippen LogP contribution is 2.06. The van der Waals surface area contributed by atoms with Gasteiger partial charge in [0.05, 0.1) is 12.2 Å². The van der Waals surface area contributed by atoms with Crippen molar-refractivity contribution >= 4 is 11.6 Å². The Hall–Kier alpha value is -2.40. The van der Waals surface area contributed by atoms with Crippen LogP contribution in [0.5, 0.6) is 0 Å². The SMILES string of the molecule is Cc1cccnc1CN=C(NN)Nc1ccccc1. The van der Waals surface area contributed by atoms with Crippen LogP contribution in [0, 0.1) is 6.92 Å². The number of nitrogens with zero attached hydrogens (tertiary/aromatic N) is 2. The molecule has 19 heavy (non-hydrogen) atoms. The summed E-state index contributed by atoms with van der Waals surface area (Å²) in [7, 11) is 0. The number of hydrazine groups is 1. The van der Waals surface area contributed by atoms with E-state index >= 15 is 0 Å². The minimum Gasteiger partial charge on any atom is -0.325 e. The molecule has 0 saturated heterocycles. The van der Waals surface area contributed by atoms with Crippen molar-refractivity contribution < 1.29 is 0 Å². The quantitative estimate of drug-likeness (QED) is 0.338. The van der Waals surface area contributed by atoms with Gasteiger partial charge < -0.3 is 5.32 Å². The van der Waals surface area contributed by atoms with Crippen molar-refractivity contribution in [1.82, 2.24) is 10.4 Å². The maximum Gasteiger partial charge on any atom is 0.210 e. The molecule has 0 aliphatic heterocycles. The number of aromatic nitrogens is 1. The molecule has 1 aromatic heterocycles. The summed E-state index contributed by atoms with van der Waals surface area (Å²) in [5, 5.41) is 3.10. The number of rotatable bonds is 3. The van der Waals surface area contributed by atoms with Crippen LogP contribution in [0.2, 0.25) is 0 Å². The molecule has 1 heterocycles. The highest BCUT2D eigenvalue weighted by atomic mass is 15.3. The third kappa shape index (κ3) is 3.79. The normalized spacial score (nSPS) is 11.2. The number of benzene rings is 1. The average Bonchev–Trinajstić information content (AvgIpc) is 2.46. The number of pyridine rings is 1. The molecule has 5 heteroatoms. The maximum absolute atomic E-state index is 5.46. The second-order valence-electron chi connectivity index (χ2n) is 4.07. The fraction of sp³-hybridized carbons (Fsp3) is 0.143.